The molecular formula is C14H12Cl2N4O. The summed E-state index contributed by atoms with van der Waals surface area (Å²) in [6, 6.07) is 3.34. The van der Waals surface area contributed by atoms with Gasteiger partial charge in [-0.25, -0.2) is 9.66 Å². The molecule has 0 radical (unpaired) electrons. The molecular weight excluding hydrogens is 311 g/mol. The minimum Gasteiger partial charge on any atom is -0.478 e. The first-order valence-electron chi connectivity index (χ1n) is 5.92. The van der Waals surface area contributed by atoms with Crippen LogP contribution < -0.4 is 10.5 Å². The van der Waals surface area contributed by atoms with Crippen molar-refractivity contribution < 1.29 is 4.74 Å². The Labute approximate surface area is 132 Å². The first kappa shape index (κ1) is 15.2. The summed E-state index contributed by atoms with van der Waals surface area (Å²) in [6.07, 6.45) is 8.41. The molecule has 0 bridgehead atoms. The van der Waals surface area contributed by atoms with Gasteiger partial charge in [-0.15, -0.1) is 6.42 Å². The molecule has 2 rings (SSSR count). The van der Waals surface area contributed by atoms with E-state index in [1.165, 1.54) is 4.68 Å². The van der Waals surface area contributed by atoms with Crippen molar-refractivity contribution in [1.82, 2.24) is 9.66 Å². The molecule has 2 N–H and O–H groups in total. The molecule has 0 aliphatic heterocycles. The van der Waals surface area contributed by atoms with Crippen molar-refractivity contribution in [3.05, 3.63) is 39.6 Å². The summed E-state index contributed by atoms with van der Waals surface area (Å²) in [6.45, 7) is 1.92. The third kappa shape index (κ3) is 3.69. The van der Waals surface area contributed by atoms with E-state index in [0.29, 0.717) is 27.3 Å². The molecule has 0 saturated heterocycles. The van der Waals surface area contributed by atoms with Crippen LogP contribution in [0.4, 0.5) is 5.95 Å². The fraction of sp³-hybridized carbons (Fsp3) is 0.143. The Morgan fingerprint density at radius 1 is 1.48 bits per heavy atom. The van der Waals surface area contributed by atoms with Gasteiger partial charge < -0.3 is 10.5 Å². The second-order valence-corrected chi connectivity index (χ2v) is 4.95. The molecule has 0 aliphatic rings. The summed E-state index contributed by atoms with van der Waals surface area (Å²) >= 11 is 12.2. The maximum Gasteiger partial charge on any atom is 0.221 e. The van der Waals surface area contributed by atoms with E-state index in [9.17, 15) is 0 Å². The maximum atomic E-state index is 6.10. The Hall–Kier alpha value is -2.16. The molecule has 0 fully saturated rings. The zero-order chi connectivity index (χ0) is 15.4. The van der Waals surface area contributed by atoms with E-state index in [4.69, 9.17) is 40.1 Å². The van der Waals surface area contributed by atoms with Crippen molar-refractivity contribution in [2.75, 3.05) is 12.3 Å². The first-order valence-corrected chi connectivity index (χ1v) is 6.68. The highest BCUT2D eigenvalue weighted by molar-refractivity contribution is 6.37. The molecule has 0 atom stereocenters. The van der Waals surface area contributed by atoms with Gasteiger partial charge in [0.1, 0.15) is 6.61 Å². The number of nitrogen functional groups attached to an aromatic ring is 1. The Bertz CT molecular complexity index is 708. The second-order valence-electron chi connectivity index (χ2n) is 4.14. The highest BCUT2D eigenvalue weighted by Gasteiger charge is 2.09. The molecule has 1 aromatic carbocycles. The van der Waals surface area contributed by atoms with Crippen LogP contribution in [-0.4, -0.2) is 22.5 Å². The van der Waals surface area contributed by atoms with E-state index in [1.54, 1.807) is 24.5 Å². The number of benzene rings is 1. The largest absolute Gasteiger partial charge is 0.478 e. The fourth-order valence-electron chi connectivity index (χ4n) is 1.63. The van der Waals surface area contributed by atoms with Gasteiger partial charge in [-0.1, -0.05) is 29.1 Å². The number of aromatic nitrogens is 2. The Balaban J connectivity index is 2.26. The lowest BCUT2D eigenvalue weighted by molar-refractivity contribution is 0.371. The van der Waals surface area contributed by atoms with Crippen molar-refractivity contribution >= 4 is 35.4 Å². The summed E-state index contributed by atoms with van der Waals surface area (Å²) in [5, 5.41) is 4.90. The van der Waals surface area contributed by atoms with Gasteiger partial charge in [-0.2, -0.15) is 5.10 Å². The van der Waals surface area contributed by atoms with Crippen LogP contribution in [0, 0.1) is 19.3 Å². The molecule has 0 unspecified atom stereocenters. The maximum absolute atomic E-state index is 6.10. The number of anilines is 1. The molecule has 7 heteroatoms. The lowest BCUT2D eigenvalue weighted by Crippen LogP contribution is -1.98. The van der Waals surface area contributed by atoms with Gasteiger partial charge in [0.15, 0.2) is 5.75 Å². The van der Waals surface area contributed by atoms with Gasteiger partial charge in [-0.05, 0) is 24.6 Å². The van der Waals surface area contributed by atoms with Crippen molar-refractivity contribution in [2.45, 2.75) is 6.92 Å². The number of hydrogen-bond donors (Lipinski definition) is 1. The van der Waals surface area contributed by atoms with E-state index < -0.39 is 0 Å². The van der Waals surface area contributed by atoms with Crippen molar-refractivity contribution in [3.8, 4) is 18.1 Å². The molecule has 0 spiro atoms. The zero-order valence-corrected chi connectivity index (χ0v) is 12.7. The molecule has 2 aromatic rings. The van der Waals surface area contributed by atoms with Crippen molar-refractivity contribution in [2.24, 2.45) is 5.10 Å². The number of nitrogens with two attached hydrogens (primary N) is 1. The van der Waals surface area contributed by atoms with E-state index in [1.807, 2.05) is 6.92 Å². The average Bonchev–Trinajstić information content (AvgIpc) is 2.74. The van der Waals surface area contributed by atoms with E-state index >= 15 is 0 Å². The number of aryl methyl sites for hydroxylation is 1. The number of hydrogen-bond acceptors (Lipinski definition) is 4. The van der Waals surface area contributed by atoms with Gasteiger partial charge in [0.25, 0.3) is 0 Å². The number of terminal acetylenes is 1. The number of imidazole rings is 1. The van der Waals surface area contributed by atoms with Crippen LogP contribution in [0.2, 0.25) is 10.0 Å². The average molecular weight is 323 g/mol. The molecule has 0 aliphatic carbocycles. The summed E-state index contributed by atoms with van der Waals surface area (Å²) in [4.78, 5) is 4.04. The van der Waals surface area contributed by atoms with Gasteiger partial charge in [0.05, 0.1) is 28.2 Å². The normalized spacial score (nSPS) is 10.8. The third-order valence-electron chi connectivity index (χ3n) is 2.49. The monoisotopic (exact) mass is 322 g/mol. The molecule has 21 heavy (non-hydrogen) atoms. The van der Waals surface area contributed by atoms with Gasteiger partial charge in [0, 0.05) is 0 Å². The Kier molecular flexibility index (Phi) is 4.73. The van der Waals surface area contributed by atoms with Crippen LogP contribution in [-0.2, 0) is 0 Å². The molecule has 0 amide bonds. The minimum absolute atomic E-state index is 0.0950. The van der Waals surface area contributed by atoms with E-state index in [-0.39, 0.29) is 6.61 Å². The van der Waals surface area contributed by atoms with Crippen LogP contribution in [0.5, 0.6) is 5.75 Å². The summed E-state index contributed by atoms with van der Waals surface area (Å²) in [7, 11) is 0. The summed E-state index contributed by atoms with van der Waals surface area (Å²) in [5.74, 6) is 3.00. The zero-order valence-electron chi connectivity index (χ0n) is 11.2. The molecule has 1 heterocycles. The number of halogens is 2. The fourth-order valence-corrected chi connectivity index (χ4v) is 2.24. The predicted molar refractivity (Wildman–Crippen MR) is 85.2 cm³/mol. The lowest BCUT2D eigenvalue weighted by atomic mass is 10.2. The minimum atomic E-state index is 0.0950. The lowest BCUT2D eigenvalue weighted by Gasteiger charge is -2.08. The topological polar surface area (TPSA) is 65.4 Å². The van der Waals surface area contributed by atoms with Crippen LogP contribution >= 0.6 is 23.2 Å². The molecule has 5 nitrogen and oxygen atoms in total. The standard InChI is InChI=1S/C14H12Cl2N4O/c1-3-4-21-13-11(15)5-10(6-12(13)16)7-18-20-8-9(2)19-14(20)17/h1,5-8H,4H2,2H3,(H2,17,19). The van der Waals surface area contributed by atoms with Crippen molar-refractivity contribution in [3.63, 3.8) is 0 Å². The molecule has 0 saturated carbocycles. The molecule has 108 valence electrons. The van der Waals surface area contributed by atoms with Crippen LogP contribution in [0.1, 0.15) is 11.3 Å². The number of ether oxygens (including phenoxy) is 1. The highest BCUT2D eigenvalue weighted by Crippen LogP contribution is 2.33. The van der Waals surface area contributed by atoms with Crippen molar-refractivity contribution in [1.29, 1.82) is 0 Å². The third-order valence-corrected chi connectivity index (χ3v) is 3.05. The smallest absolute Gasteiger partial charge is 0.221 e. The van der Waals surface area contributed by atoms with E-state index in [0.717, 1.165) is 5.69 Å². The summed E-state index contributed by atoms with van der Waals surface area (Å²) < 4.78 is 6.74. The Morgan fingerprint density at radius 3 is 2.67 bits per heavy atom. The van der Waals surface area contributed by atoms with Gasteiger partial charge in [0.2, 0.25) is 5.95 Å². The van der Waals surface area contributed by atoms with Crippen LogP contribution in [0.3, 0.4) is 0 Å². The van der Waals surface area contributed by atoms with Crippen LogP contribution in [0.25, 0.3) is 0 Å². The van der Waals surface area contributed by atoms with E-state index in [2.05, 4.69) is 16.0 Å². The number of nitrogens with zero attached hydrogens (tertiary/aromatic N) is 3. The SMILES string of the molecule is C#CCOc1c(Cl)cc(C=Nn2cc(C)nc2N)cc1Cl. The quantitative estimate of drug-likeness (QED) is 0.695. The Morgan fingerprint density at radius 2 is 2.14 bits per heavy atom. The second kappa shape index (κ2) is 6.53. The van der Waals surface area contributed by atoms with Crippen LogP contribution in [0.15, 0.2) is 23.4 Å². The van der Waals surface area contributed by atoms with Gasteiger partial charge in [-0.3, -0.25) is 0 Å². The summed E-state index contributed by atoms with van der Waals surface area (Å²) in [5.41, 5.74) is 7.17. The first-order chi connectivity index (χ1) is 10.0. The van der Waals surface area contributed by atoms with Gasteiger partial charge >= 0.3 is 0 Å². The number of rotatable bonds is 4. The molecule has 1 aromatic heterocycles. The predicted octanol–water partition coefficient (Wildman–Crippen LogP) is 2.97. The highest BCUT2D eigenvalue weighted by atomic mass is 35.5.